The molecule has 4 N–H and O–H groups in total. The molecule has 254 valence electrons. The first-order valence-corrected chi connectivity index (χ1v) is 18.1. The third kappa shape index (κ3) is 9.47. The van der Waals surface area contributed by atoms with Gasteiger partial charge in [0.1, 0.15) is 6.04 Å². The Bertz CT molecular complexity index is 1310. The van der Waals surface area contributed by atoms with Crippen LogP contribution in [-0.4, -0.2) is 34.6 Å². The molecule has 6 nitrogen and oxygen atoms in total. The summed E-state index contributed by atoms with van der Waals surface area (Å²) in [5.41, 5.74) is 3.57. The van der Waals surface area contributed by atoms with Crippen LogP contribution in [0.25, 0.3) is 10.9 Å². The molecule has 0 aliphatic rings. The molecule has 3 unspecified atom stereocenters. The molecule has 0 fully saturated rings. The number of fused-ring (bicyclic) bond motifs is 1. The number of para-hydroxylation sites is 1. The summed E-state index contributed by atoms with van der Waals surface area (Å²) in [6.45, 7) is 17.5. The quantitative estimate of drug-likeness (QED) is 0.0943. The van der Waals surface area contributed by atoms with Crippen LogP contribution in [0.5, 0.6) is 0 Å². The fourth-order valence-corrected chi connectivity index (χ4v) is 8.19. The van der Waals surface area contributed by atoms with Crippen molar-refractivity contribution in [3.63, 3.8) is 0 Å². The van der Waals surface area contributed by atoms with Crippen molar-refractivity contribution < 1.29 is 14.7 Å². The zero-order chi connectivity index (χ0) is 33.6. The van der Waals surface area contributed by atoms with Gasteiger partial charge in [-0.1, -0.05) is 124 Å². The number of carboxylic acids is 1. The van der Waals surface area contributed by atoms with E-state index in [1.807, 2.05) is 54.7 Å². The number of carbonyl (C=O) groups excluding carboxylic acids is 1. The normalized spacial score (nSPS) is 14.0. The minimum Gasteiger partial charge on any atom is -0.480 e. The summed E-state index contributed by atoms with van der Waals surface area (Å²) in [4.78, 5) is 28.7. The summed E-state index contributed by atoms with van der Waals surface area (Å²) in [6, 6.07) is 14.8. The van der Waals surface area contributed by atoms with Gasteiger partial charge in [-0.25, -0.2) is 0 Å². The van der Waals surface area contributed by atoms with Gasteiger partial charge in [0.15, 0.2) is 0 Å². The van der Waals surface area contributed by atoms with Crippen molar-refractivity contribution in [3.05, 3.63) is 71.4 Å². The number of benzene rings is 2. The number of amides is 1. The largest absolute Gasteiger partial charge is 0.480 e. The van der Waals surface area contributed by atoms with E-state index in [9.17, 15) is 14.7 Å². The summed E-state index contributed by atoms with van der Waals surface area (Å²) < 4.78 is 0. The maximum Gasteiger partial charge on any atom is 0.321 e. The van der Waals surface area contributed by atoms with Crippen LogP contribution in [0.2, 0.25) is 0 Å². The lowest BCUT2D eigenvalue weighted by Gasteiger charge is -2.45. The number of aliphatic carboxylic acids is 1. The van der Waals surface area contributed by atoms with E-state index < -0.39 is 12.0 Å². The lowest BCUT2D eigenvalue weighted by atomic mass is 9.60. The Morgan fingerprint density at radius 2 is 1.24 bits per heavy atom. The third-order valence-electron chi connectivity index (χ3n) is 11.0. The highest BCUT2D eigenvalue weighted by Crippen LogP contribution is 2.45. The zero-order valence-electron chi connectivity index (χ0n) is 29.6. The molecular formula is C40H61N3O3. The van der Waals surface area contributed by atoms with Crippen molar-refractivity contribution in [1.82, 2.24) is 15.6 Å². The molecule has 3 aromatic rings. The van der Waals surface area contributed by atoms with Crippen molar-refractivity contribution in [3.8, 4) is 0 Å². The van der Waals surface area contributed by atoms with Crippen LogP contribution in [0.4, 0.5) is 0 Å². The van der Waals surface area contributed by atoms with Crippen LogP contribution in [0, 0.1) is 35.5 Å². The van der Waals surface area contributed by atoms with Gasteiger partial charge in [-0.2, -0.15) is 0 Å². The molecule has 3 rings (SSSR count). The van der Waals surface area contributed by atoms with E-state index in [-0.39, 0.29) is 5.91 Å². The topological polar surface area (TPSA) is 94.2 Å². The van der Waals surface area contributed by atoms with Crippen LogP contribution in [0.3, 0.4) is 0 Å². The minimum atomic E-state index is -0.880. The van der Waals surface area contributed by atoms with Crippen LogP contribution in [-0.2, 0) is 17.8 Å². The number of carbonyl (C=O) groups is 2. The number of hydrogen-bond acceptors (Lipinski definition) is 3. The smallest absolute Gasteiger partial charge is 0.321 e. The van der Waals surface area contributed by atoms with Gasteiger partial charge in [-0.05, 0) is 64.8 Å². The molecular weight excluding hydrogens is 570 g/mol. The summed E-state index contributed by atoms with van der Waals surface area (Å²) in [7, 11) is 0. The monoisotopic (exact) mass is 631 g/mol. The second-order valence-corrected chi connectivity index (χ2v) is 13.3. The molecule has 6 heteroatoms. The lowest BCUT2D eigenvalue weighted by Crippen LogP contribution is -2.43. The number of aromatic nitrogens is 1. The van der Waals surface area contributed by atoms with Gasteiger partial charge in [0.25, 0.3) is 5.91 Å². The first-order chi connectivity index (χ1) is 22.3. The van der Waals surface area contributed by atoms with E-state index >= 15 is 0 Å². The van der Waals surface area contributed by atoms with E-state index in [2.05, 4.69) is 64.1 Å². The average Bonchev–Trinajstić information content (AvgIpc) is 3.49. The molecule has 0 aliphatic carbocycles. The summed E-state index contributed by atoms with van der Waals surface area (Å²) in [6.07, 6.45) is 10.6. The van der Waals surface area contributed by atoms with Gasteiger partial charge < -0.3 is 20.7 Å². The Labute approximate surface area is 278 Å². The van der Waals surface area contributed by atoms with Gasteiger partial charge in [-0.3, -0.25) is 9.59 Å². The summed E-state index contributed by atoms with van der Waals surface area (Å²) in [5, 5.41) is 17.5. The predicted octanol–water partition coefficient (Wildman–Crippen LogP) is 9.25. The number of nitrogens with one attached hydrogen (secondary N) is 3. The second-order valence-electron chi connectivity index (χ2n) is 13.3. The number of carboxylic acid groups (broad SMARTS) is 1. The maximum absolute atomic E-state index is 13.4. The minimum absolute atomic E-state index is 0.0365. The second kappa shape index (κ2) is 18.9. The highest BCUT2D eigenvalue weighted by Gasteiger charge is 2.40. The molecule has 1 aromatic heterocycles. The van der Waals surface area contributed by atoms with E-state index in [1.54, 1.807) is 0 Å². The van der Waals surface area contributed by atoms with Crippen LogP contribution >= 0.6 is 0 Å². The highest BCUT2D eigenvalue weighted by atomic mass is 16.4. The number of aromatic amines is 1. The van der Waals surface area contributed by atoms with Crippen molar-refractivity contribution >= 4 is 22.8 Å². The van der Waals surface area contributed by atoms with Crippen LogP contribution in [0.1, 0.15) is 115 Å². The molecule has 1 heterocycles. The van der Waals surface area contributed by atoms with Crippen LogP contribution in [0.15, 0.2) is 54.7 Å². The fourth-order valence-electron chi connectivity index (χ4n) is 8.19. The van der Waals surface area contributed by atoms with Crippen molar-refractivity contribution in [2.45, 2.75) is 112 Å². The van der Waals surface area contributed by atoms with E-state index in [0.29, 0.717) is 60.6 Å². The first-order valence-electron chi connectivity index (χ1n) is 18.1. The van der Waals surface area contributed by atoms with Gasteiger partial charge in [0.2, 0.25) is 0 Å². The van der Waals surface area contributed by atoms with Crippen LogP contribution < -0.4 is 10.6 Å². The average molecular weight is 632 g/mol. The standard InChI is InChI=1S/C40H61N3O3/c1-8-28(9-2)37(29(10-3)11-4)38(30(12-5)13-6)31(14-7)25-43-39(44)32-21-19-27(20-22-32)24-41-36(40(45)46)23-33-26-42-35-18-16-15-17-34(33)35/h15-22,26,28-31,36-38,41-42H,8-14,23-25H2,1-7H3,(H,43,44)(H,45,46). The van der Waals surface area contributed by atoms with E-state index in [4.69, 9.17) is 0 Å². The van der Waals surface area contributed by atoms with Gasteiger partial charge >= 0.3 is 5.97 Å². The Morgan fingerprint density at radius 1 is 0.717 bits per heavy atom. The molecule has 0 bridgehead atoms. The molecule has 0 radical (unpaired) electrons. The molecule has 0 saturated carbocycles. The number of H-pyrrole nitrogens is 1. The zero-order valence-corrected chi connectivity index (χ0v) is 29.6. The van der Waals surface area contributed by atoms with Gasteiger partial charge in [0.05, 0.1) is 0 Å². The summed E-state index contributed by atoms with van der Waals surface area (Å²) >= 11 is 0. The van der Waals surface area contributed by atoms with Gasteiger partial charge in [0, 0.05) is 42.2 Å². The first kappa shape index (κ1) is 37.3. The fraction of sp³-hybridized carbons (Fsp3) is 0.600. The van der Waals surface area contributed by atoms with E-state index in [1.165, 1.54) is 38.5 Å². The highest BCUT2D eigenvalue weighted by molar-refractivity contribution is 5.94. The van der Waals surface area contributed by atoms with Gasteiger partial charge in [-0.15, -0.1) is 0 Å². The summed E-state index contributed by atoms with van der Waals surface area (Å²) in [5.74, 6) is 2.87. The number of hydrogen-bond donors (Lipinski definition) is 4. The third-order valence-corrected chi connectivity index (χ3v) is 11.0. The Kier molecular flexibility index (Phi) is 15.3. The van der Waals surface area contributed by atoms with Crippen molar-refractivity contribution in [2.75, 3.05) is 6.54 Å². The molecule has 0 saturated heterocycles. The van der Waals surface area contributed by atoms with Crippen molar-refractivity contribution in [2.24, 2.45) is 35.5 Å². The molecule has 3 atom stereocenters. The lowest BCUT2D eigenvalue weighted by molar-refractivity contribution is -0.139. The Hall–Kier alpha value is -3.12. The molecule has 46 heavy (non-hydrogen) atoms. The maximum atomic E-state index is 13.4. The SMILES string of the molecule is CCC(CC)C(C(CC)CC)C(C(CC)CC)C(CC)CNC(=O)c1ccc(CNC(Cc2c[nH]c3ccccc23)C(=O)O)cc1. The molecule has 0 aliphatic heterocycles. The molecule has 1 amide bonds. The molecule has 2 aromatic carbocycles. The number of rotatable bonds is 21. The Morgan fingerprint density at radius 3 is 1.76 bits per heavy atom. The Balaban J connectivity index is 1.68. The van der Waals surface area contributed by atoms with Crippen molar-refractivity contribution in [1.29, 1.82) is 0 Å². The predicted molar refractivity (Wildman–Crippen MR) is 192 cm³/mol. The van der Waals surface area contributed by atoms with E-state index in [0.717, 1.165) is 28.5 Å². The molecule has 0 spiro atoms.